The summed E-state index contributed by atoms with van der Waals surface area (Å²) in [5, 5.41) is 4.20. The van der Waals surface area contributed by atoms with Crippen molar-refractivity contribution in [3.8, 4) is 11.3 Å². The Labute approximate surface area is 151 Å². The van der Waals surface area contributed by atoms with E-state index in [0.717, 1.165) is 43.2 Å². The van der Waals surface area contributed by atoms with Crippen LogP contribution in [-0.2, 0) is 13.1 Å². The lowest BCUT2D eigenvalue weighted by molar-refractivity contribution is 0.105. The fourth-order valence-corrected chi connectivity index (χ4v) is 4.39. The number of hydrogen-bond acceptors (Lipinski definition) is 5. The van der Waals surface area contributed by atoms with Crippen LogP contribution in [0.2, 0.25) is 0 Å². The molecular formula is C20H20N4O2. The summed E-state index contributed by atoms with van der Waals surface area (Å²) >= 11 is 0. The Morgan fingerprint density at radius 2 is 2.00 bits per heavy atom. The molecule has 2 aliphatic heterocycles. The number of rotatable bonds is 3. The van der Waals surface area contributed by atoms with Gasteiger partial charge < -0.3 is 9.09 Å². The third-order valence-electron chi connectivity index (χ3n) is 5.47. The van der Waals surface area contributed by atoms with Crippen LogP contribution in [0.3, 0.4) is 0 Å². The molecule has 3 aromatic heterocycles. The van der Waals surface area contributed by atoms with Crippen molar-refractivity contribution in [1.29, 1.82) is 0 Å². The van der Waals surface area contributed by atoms with E-state index in [2.05, 4.69) is 21.1 Å². The minimum atomic E-state index is 0.128. The van der Waals surface area contributed by atoms with Crippen LogP contribution < -0.4 is 5.56 Å². The van der Waals surface area contributed by atoms with Crippen LogP contribution in [0.4, 0.5) is 0 Å². The molecular weight excluding hydrogens is 328 g/mol. The molecule has 0 spiro atoms. The highest BCUT2D eigenvalue weighted by Gasteiger charge is 2.34. The SMILES string of the molecule is O=c1cccc2n1C[C@@H]1C[C@H]2CN(Cc2cc(-c3ccncc3)no2)C1. The van der Waals surface area contributed by atoms with Gasteiger partial charge in [-0.15, -0.1) is 0 Å². The highest BCUT2D eigenvalue weighted by Crippen LogP contribution is 2.35. The molecule has 2 aliphatic rings. The van der Waals surface area contributed by atoms with Gasteiger partial charge in [0.2, 0.25) is 0 Å². The van der Waals surface area contributed by atoms with E-state index < -0.39 is 0 Å². The van der Waals surface area contributed by atoms with E-state index in [9.17, 15) is 4.79 Å². The number of fused-ring (bicyclic) bond motifs is 4. The molecule has 2 bridgehead atoms. The highest BCUT2D eigenvalue weighted by atomic mass is 16.5. The molecule has 0 aromatic carbocycles. The average Bonchev–Trinajstić information content (AvgIpc) is 3.12. The van der Waals surface area contributed by atoms with Crippen molar-refractivity contribution in [3.63, 3.8) is 0 Å². The van der Waals surface area contributed by atoms with Crippen LogP contribution in [0.15, 0.2) is 58.1 Å². The number of piperidine rings is 1. The second-order valence-corrected chi connectivity index (χ2v) is 7.31. The normalized spacial score (nSPS) is 22.2. The van der Waals surface area contributed by atoms with Crippen molar-refractivity contribution in [3.05, 3.63) is 70.6 Å². The zero-order valence-corrected chi connectivity index (χ0v) is 14.4. The Kier molecular flexibility index (Phi) is 3.71. The van der Waals surface area contributed by atoms with E-state index in [-0.39, 0.29) is 5.56 Å². The molecule has 26 heavy (non-hydrogen) atoms. The summed E-state index contributed by atoms with van der Waals surface area (Å²) in [4.78, 5) is 18.6. The summed E-state index contributed by atoms with van der Waals surface area (Å²) in [6.45, 7) is 3.51. The van der Waals surface area contributed by atoms with Crippen molar-refractivity contribution >= 4 is 0 Å². The maximum absolute atomic E-state index is 12.1. The van der Waals surface area contributed by atoms with Gasteiger partial charge in [-0.2, -0.15) is 0 Å². The van der Waals surface area contributed by atoms with E-state index >= 15 is 0 Å². The number of nitrogens with zero attached hydrogens (tertiary/aromatic N) is 4. The smallest absolute Gasteiger partial charge is 0.250 e. The number of aromatic nitrogens is 3. The molecule has 3 aromatic rings. The van der Waals surface area contributed by atoms with Crippen LogP contribution >= 0.6 is 0 Å². The van der Waals surface area contributed by atoms with E-state index in [4.69, 9.17) is 4.52 Å². The van der Waals surface area contributed by atoms with Crippen molar-refractivity contribution in [2.45, 2.75) is 25.4 Å². The summed E-state index contributed by atoms with van der Waals surface area (Å²) in [6, 6.07) is 11.5. The van der Waals surface area contributed by atoms with Crippen LogP contribution in [0.1, 0.15) is 23.8 Å². The van der Waals surface area contributed by atoms with Gasteiger partial charge in [0, 0.05) is 61.3 Å². The predicted octanol–water partition coefficient (Wildman–Crippen LogP) is 2.52. The lowest BCUT2D eigenvalue weighted by Gasteiger charge is -2.42. The van der Waals surface area contributed by atoms with Gasteiger partial charge >= 0.3 is 0 Å². The maximum atomic E-state index is 12.1. The number of likely N-dealkylation sites (tertiary alicyclic amines) is 1. The van der Waals surface area contributed by atoms with Crippen molar-refractivity contribution in [2.24, 2.45) is 5.92 Å². The Morgan fingerprint density at radius 3 is 2.88 bits per heavy atom. The average molecular weight is 348 g/mol. The van der Waals surface area contributed by atoms with Crippen LogP contribution in [0, 0.1) is 5.92 Å². The van der Waals surface area contributed by atoms with Gasteiger partial charge in [0.15, 0.2) is 5.76 Å². The molecule has 5 rings (SSSR count). The first-order valence-corrected chi connectivity index (χ1v) is 9.04. The van der Waals surface area contributed by atoms with E-state index in [1.807, 2.05) is 28.8 Å². The van der Waals surface area contributed by atoms with Gasteiger partial charge in [-0.3, -0.25) is 14.7 Å². The first kappa shape index (κ1) is 15.5. The van der Waals surface area contributed by atoms with Gasteiger partial charge in [0.25, 0.3) is 5.56 Å². The molecule has 0 N–H and O–H groups in total. The van der Waals surface area contributed by atoms with Gasteiger partial charge in [-0.05, 0) is 30.5 Å². The first-order chi connectivity index (χ1) is 12.8. The predicted molar refractivity (Wildman–Crippen MR) is 96.6 cm³/mol. The Hall–Kier alpha value is -2.73. The molecule has 0 radical (unpaired) electrons. The third-order valence-corrected chi connectivity index (χ3v) is 5.47. The summed E-state index contributed by atoms with van der Waals surface area (Å²) in [5.74, 6) is 1.81. The molecule has 0 saturated carbocycles. The minimum Gasteiger partial charge on any atom is -0.359 e. The quantitative estimate of drug-likeness (QED) is 0.728. The fraction of sp³-hybridized carbons (Fsp3) is 0.350. The molecule has 5 heterocycles. The Morgan fingerprint density at radius 1 is 1.12 bits per heavy atom. The monoisotopic (exact) mass is 348 g/mol. The molecule has 2 atom stereocenters. The van der Waals surface area contributed by atoms with Crippen LogP contribution in [0.5, 0.6) is 0 Å². The zero-order valence-electron chi connectivity index (χ0n) is 14.4. The Balaban J connectivity index is 1.34. The molecule has 6 heteroatoms. The van der Waals surface area contributed by atoms with E-state index in [0.29, 0.717) is 11.8 Å². The largest absolute Gasteiger partial charge is 0.359 e. The number of hydrogen-bond donors (Lipinski definition) is 0. The Bertz CT molecular complexity index is 979. The lowest BCUT2D eigenvalue weighted by atomic mass is 9.83. The van der Waals surface area contributed by atoms with Crippen molar-refractivity contribution < 1.29 is 4.52 Å². The third kappa shape index (κ3) is 2.76. The molecule has 132 valence electrons. The second-order valence-electron chi connectivity index (χ2n) is 7.31. The van der Waals surface area contributed by atoms with E-state index in [1.54, 1.807) is 18.5 Å². The summed E-state index contributed by atoms with van der Waals surface area (Å²) < 4.78 is 7.53. The fourth-order valence-electron chi connectivity index (χ4n) is 4.39. The topological polar surface area (TPSA) is 64.2 Å². The molecule has 1 fully saturated rings. The standard InChI is InChI=1S/C20H20N4O2/c25-20-3-1-2-19-16-8-14(11-24(19)20)10-23(12-16)13-17-9-18(22-26-17)15-4-6-21-7-5-15/h1-7,9,14,16H,8,10-13H2/t14-,16+/m1/s1. The highest BCUT2D eigenvalue weighted by molar-refractivity contribution is 5.57. The summed E-state index contributed by atoms with van der Waals surface area (Å²) in [7, 11) is 0. The first-order valence-electron chi connectivity index (χ1n) is 9.04. The molecule has 0 aliphatic carbocycles. The van der Waals surface area contributed by atoms with Gasteiger partial charge in [-0.25, -0.2) is 0 Å². The zero-order chi connectivity index (χ0) is 17.5. The van der Waals surface area contributed by atoms with Crippen molar-refractivity contribution in [1.82, 2.24) is 19.6 Å². The summed E-state index contributed by atoms with van der Waals surface area (Å²) in [6.07, 6.45) is 4.68. The van der Waals surface area contributed by atoms with E-state index in [1.165, 1.54) is 12.1 Å². The van der Waals surface area contributed by atoms with Crippen LogP contribution in [-0.4, -0.2) is 32.7 Å². The second kappa shape index (κ2) is 6.21. The molecule has 6 nitrogen and oxygen atoms in total. The van der Waals surface area contributed by atoms with Crippen molar-refractivity contribution in [2.75, 3.05) is 13.1 Å². The lowest BCUT2D eigenvalue weighted by Crippen LogP contribution is -2.46. The molecule has 0 amide bonds. The van der Waals surface area contributed by atoms with Gasteiger partial charge in [-0.1, -0.05) is 11.2 Å². The minimum absolute atomic E-state index is 0.128. The molecule has 1 saturated heterocycles. The molecule has 0 unspecified atom stereocenters. The maximum Gasteiger partial charge on any atom is 0.250 e. The number of pyridine rings is 2. The summed E-state index contributed by atoms with van der Waals surface area (Å²) in [5.41, 5.74) is 3.16. The van der Waals surface area contributed by atoms with Gasteiger partial charge in [0.05, 0.1) is 6.54 Å². The van der Waals surface area contributed by atoms with Gasteiger partial charge in [0.1, 0.15) is 5.69 Å². The van der Waals surface area contributed by atoms with Crippen LogP contribution in [0.25, 0.3) is 11.3 Å².